The summed E-state index contributed by atoms with van der Waals surface area (Å²) in [6, 6.07) is 7.68. The fourth-order valence-corrected chi connectivity index (χ4v) is 1.84. The normalized spacial score (nSPS) is 10.2. The molecule has 7 heteroatoms. The Kier molecular flexibility index (Phi) is 4.18. The number of non-ortho nitro benzene ring substituents is 1. The van der Waals surface area contributed by atoms with Crippen LogP contribution in [0.15, 0.2) is 36.4 Å². The van der Waals surface area contributed by atoms with Gasteiger partial charge in [-0.3, -0.25) is 14.9 Å². The van der Waals surface area contributed by atoms with Crippen LogP contribution in [0.4, 0.5) is 10.1 Å². The number of carbonyl (C=O) groups excluding carboxylic acids is 1. The van der Waals surface area contributed by atoms with Gasteiger partial charge in [-0.1, -0.05) is 17.7 Å². The molecule has 2 rings (SSSR count). The molecule has 0 fully saturated rings. The molecule has 0 atom stereocenters. The number of nitrogens with zero attached hydrogens (tertiary/aromatic N) is 1. The quantitative estimate of drug-likeness (QED) is 0.477. The molecular formula is C14H9ClFNO4. The van der Waals surface area contributed by atoms with Crippen molar-refractivity contribution in [1.29, 1.82) is 0 Å². The standard InChI is InChI=1S/C14H9ClFNO4/c1-8(18)10-7-9(17(19)20)5-6-12(10)21-13-4-2-3-11(15)14(13)16/h2-7H,1H3. The zero-order valence-corrected chi connectivity index (χ0v) is 11.6. The Bertz CT molecular complexity index is 733. The summed E-state index contributed by atoms with van der Waals surface area (Å²) in [4.78, 5) is 21.7. The number of rotatable bonds is 4. The number of hydrogen-bond acceptors (Lipinski definition) is 4. The molecule has 0 heterocycles. The minimum atomic E-state index is -0.771. The number of nitro benzene ring substituents is 1. The van der Waals surface area contributed by atoms with Gasteiger partial charge < -0.3 is 4.74 Å². The molecule has 2 aromatic carbocycles. The molecule has 0 spiro atoms. The van der Waals surface area contributed by atoms with E-state index in [-0.39, 0.29) is 27.8 Å². The van der Waals surface area contributed by atoms with E-state index in [0.29, 0.717) is 0 Å². The van der Waals surface area contributed by atoms with Crippen molar-refractivity contribution in [2.24, 2.45) is 0 Å². The number of ketones is 1. The fourth-order valence-electron chi connectivity index (χ4n) is 1.68. The maximum Gasteiger partial charge on any atom is 0.270 e. The van der Waals surface area contributed by atoms with Gasteiger partial charge in [0.1, 0.15) is 5.75 Å². The topological polar surface area (TPSA) is 69.4 Å². The monoisotopic (exact) mass is 309 g/mol. The number of benzene rings is 2. The Labute approximate surface area is 124 Å². The van der Waals surface area contributed by atoms with E-state index in [2.05, 4.69) is 0 Å². The summed E-state index contributed by atoms with van der Waals surface area (Å²) in [7, 11) is 0. The van der Waals surface area contributed by atoms with Gasteiger partial charge in [0.05, 0.1) is 15.5 Å². The SMILES string of the molecule is CC(=O)c1cc([N+](=O)[O-])ccc1Oc1cccc(Cl)c1F. The summed E-state index contributed by atoms with van der Waals surface area (Å²) in [6.45, 7) is 1.24. The summed E-state index contributed by atoms with van der Waals surface area (Å²) in [5.74, 6) is -1.35. The Morgan fingerprint density at radius 2 is 2.00 bits per heavy atom. The van der Waals surface area contributed by atoms with Gasteiger partial charge in [-0.15, -0.1) is 0 Å². The van der Waals surface area contributed by atoms with Crippen molar-refractivity contribution in [2.45, 2.75) is 6.92 Å². The first-order chi connectivity index (χ1) is 9.90. The first-order valence-corrected chi connectivity index (χ1v) is 6.19. The Hall–Kier alpha value is -2.47. The van der Waals surface area contributed by atoms with Crippen molar-refractivity contribution >= 4 is 23.1 Å². The van der Waals surface area contributed by atoms with Crippen molar-refractivity contribution in [2.75, 3.05) is 0 Å². The molecular weight excluding hydrogens is 301 g/mol. The average Bonchev–Trinajstić information content (AvgIpc) is 2.43. The van der Waals surface area contributed by atoms with Gasteiger partial charge in [0.25, 0.3) is 5.69 Å². The number of carbonyl (C=O) groups is 1. The molecule has 5 nitrogen and oxygen atoms in total. The molecule has 0 aliphatic heterocycles. The molecule has 2 aromatic rings. The largest absolute Gasteiger partial charge is 0.453 e. The van der Waals surface area contributed by atoms with Gasteiger partial charge in [0.2, 0.25) is 0 Å². The molecule has 0 unspecified atom stereocenters. The van der Waals surface area contributed by atoms with Gasteiger partial charge in [0, 0.05) is 12.1 Å². The van der Waals surface area contributed by atoms with Crippen molar-refractivity contribution in [3.63, 3.8) is 0 Å². The molecule has 0 radical (unpaired) electrons. The van der Waals surface area contributed by atoms with Crippen LogP contribution in [0.2, 0.25) is 5.02 Å². The minimum absolute atomic E-state index is 0.0106. The van der Waals surface area contributed by atoms with E-state index in [0.717, 1.165) is 6.07 Å². The Balaban J connectivity index is 2.46. The predicted molar refractivity (Wildman–Crippen MR) is 74.6 cm³/mol. The van der Waals surface area contributed by atoms with Gasteiger partial charge in [0.15, 0.2) is 17.3 Å². The van der Waals surface area contributed by atoms with Crippen LogP contribution < -0.4 is 4.74 Å². The smallest absolute Gasteiger partial charge is 0.270 e. The zero-order chi connectivity index (χ0) is 15.6. The second kappa shape index (κ2) is 5.88. The molecule has 0 N–H and O–H groups in total. The lowest BCUT2D eigenvalue weighted by molar-refractivity contribution is -0.384. The van der Waals surface area contributed by atoms with Gasteiger partial charge in [-0.2, -0.15) is 0 Å². The molecule has 0 amide bonds. The van der Waals surface area contributed by atoms with E-state index in [4.69, 9.17) is 16.3 Å². The summed E-state index contributed by atoms with van der Waals surface area (Å²) in [6.07, 6.45) is 0. The summed E-state index contributed by atoms with van der Waals surface area (Å²) in [5.41, 5.74) is -0.261. The van der Waals surface area contributed by atoms with Crippen molar-refractivity contribution < 1.29 is 18.8 Å². The Morgan fingerprint density at radius 3 is 2.62 bits per heavy atom. The van der Waals surface area contributed by atoms with E-state index in [1.807, 2.05) is 0 Å². The lowest BCUT2D eigenvalue weighted by Gasteiger charge is -2.10. The number of halogens is 2. The van der Waals surface area contributed by atoms with E-state index in [1.165, 1.54) is 37.3 Å². The Morgan fingerprint density at radius 1 is 1.29 bits per heavy atom. The predicted octanol–water partition coefficient (Wildman–Crippen LogP) is 4.38. The molecule has 0 aliphatic carbocycles. The van der Waals surface area contributed by atoms with Crippen LogP contribution in [-0.2, 0) is 0 Å². The fraction of sp³-hybridized carbons (Fsp3) is 0.0714. The summed E-state index contributed by atoms with van der Waals surface area (Å²) < 4.78 is 19.1. The van der Waals surface area contributed by atoms with Crippen LogP contribution in [-0.4, -0.2) is 10.7 Å². The highest BCUT2D eigenvalue weighted by molar-refractivity contribution is 6.30. The molecule has 0 saturated heterocycles. The lowest BCUT2D eigenvalue weighted by atomic mass is 10.1. The van der Waals surface area contributed by atoms with Crippen LogP contribution in [0.3, 0.4) is 0 Å². The number of ether oxygens (including phenoxy) is 1. The molecule has 0 aliphatic rings. The third-order valence-corrected chi connectivity index (χ3v) is 2.98. The van der Waals surface area contributed by atoms with Crippen molar-refractivity contribution in [3.8, 4) is 11.5 Å². The number of hydrogen-bond donors (Lipinski definition) is 0. The molecule has 0 saturated carbocycles. The lowest BCUT2D eigenvalue weighted by Crippen LogP contribution is -2.00. The highest BCUT2D eigenvalue weighted by atomic mass is 35.5. The molecule has 0 bridgehead atoms. The van der Waals surface area contributed by atoms with Crippen LogP contribution in [0.1, 0.15) is 17.3 Å². The van der Waals surface area contributed by atoms with Gasteiger partial charge in [-0.05, 0) is 25.1 Å². The first kappa shape index (κ1) is 14.9. The third kappa shape index (κ3) is 3.17. The van der Waals surface area contributed by atoms with E-state index in [9.17, 15) is 19.3 Å². The second-order valence-corrected chi connectivity index (χ2v) is 4.55. The third-order valence-electron chi connectivity index (χ3n) is 2.69. The maximum atomic E-state index is 13.8. The highest BCUT2D eigenvalue weighted by Crippen LogP contribution is 2.32. The number of nitro groups is 1. The van der Waals surface area contributed by atoms with Crippen LogP contribution in [0.5, 0.6) is 11.5 Å². The van der Waals surface area contributed by atoms with E-state index in [1.54, 1.807) is 0 Å². The average molecular weight is 310 g/mol. The van der Waals surface area contributed by atoms with Gasteiger partial charge >= 0.3 is 0 Å². The van der Waals surface area contributed by atoms with E-state index >= 15 is 0 Å². The van der Waals surface area contributed by atoms with Gasteiger partial charge in [-0.25, -0.2) is 4.39 Å². The second-order valence-electron chi connectivity index (χ2n) is 4.15. The van der Waals surface area contributed by atoms with Crippen molar-refractivity contribution in [1.82, 2.24) is 0 Å². The summed E-state index contributed by atoms with van der Waals surface area (Å²) in [5, 5.41) is 10.6. The molecule has 108 valence electrons. The van der Waals surface area contributed by atoms with Crippen LogP contribution in [0.25, 0.3) is 0 Å². The highest BCUT2D eigenvalue weighted by Gasteiger charge is 2.17. The molecule has 21 heavy (non-hydrogen) atoms. The van der Waals surface area contributed by atoms with Crippen molar-refractivity contribution in [3.05, 3.63) is 62.9 Å². The molecule has 0 aromatic heterocycles. The maximum absolute atomic E-state index is 13.8. The van der Waals surface area contributed by atoms with Crippen LogP contribution >= 0.6 is 11.6 Å². The van der Waals surface area contributed by atoms with E-state index < -0.39 is 16.5 Å². The minimum Gasteiger partial charge on any atom is -0.453 e. The zero-order valence-electron chi connectivity index (χ0n) is 10.8. The number of Topliss-reactive ketones (excluding diaryl/α,β-unsaturated/α-hetero) is 1. The van der Waals surface area contributed by atoms with Crippen LogP contribution in [0, 0.1) is 15.9 Å². The first-order valence-electron chi connectivity index (χ1n) is 5.81. The summed E-state index contributed by atoms with van der Waals surface area (Å²) >= 11 is 5.64.